The van der Waals surface area contributed by atoms with Crippen LogP contribution in [0.25, 0.3) is 0 Å². The molecule has 5 nitrogen and oxygen atoms in total. The normalized spacial score (nSPS) is 32.8. The number of rotatable bonds is 3. The number of carbonyl (C=O) groups is 1. The van der Waals surface area contributed by atoms with Crippen LogP contribution in [0.3, 0.4) is 0 Å². The molecule has 116 valence electrons. The van der Waals surface area contributed by atoms with Crippen molar-refractivity contribution in [3.8, 4) is 0 Å². The molecule has 1 heterocycles. The summed E-state index contributed by atoms with van der Waals surface area (Å²) in [5.41, 5.74) is 0. The molecule has 4 atom stereocenters. The average molecular weight is 284 g/mol. The number of ether oxygens (including phenoxy) is 1. The summed E-state index contributed by atoms with van der Waals surface area (Å²) in [6.45, 7) is 3.27. The van der Waals surface area contributed by atoms with Gasteiger partial charge in [-0.3, -0.25) is 0 Å². The zero-order valence-corrected chi connectivity index (χ0v) is 12.7. The standard InChI is InChI=1S/C15H28N2O3/c1-11(18)12-6-5-9-17(10-12)15(19)16-13-7-3-4-8-14(13)20-2/h11-14,18H,3-10H2,1-2H3,(H,16,19). The lowest BCUT2D eigenvalue weighted by Crippen LogP contribution is -2.53. The third kappa shape index (κ3) is 3.85. The van der Waals surface area contributed by atoms with Crippen LogP contribution in [0.15, 0.2) is 0 Å². The molecule has 2 N–H and O–H groups in total. The number of hydrogen-bond donors (Lipinski definition) is 2. The van der Waals surface area contributed by atoms with Crippen LogP contribution < -0.4 is 5.32 Å². The Kier molecular flexibility index (Phi) is 5.66. The lowest BCUT2D eigenvalue weighted by atomic mass is 9.92. The molecule has 2 fully saturated rings. The Morgan fingerprint density at radius 2 is 2.05 bits per heavy atom. The quantitative estimate of drug-likeness (QED) is 0.830. The molecule has 0 bridgehead atoms. The number of amides is 2. The van der Waals surface area contributed by atoms with Crippen molar-refractivity contribution in [3.05, 3.63) is 0 Å². The van der Waals surface area contributed by atoms with E-state index in [9.17, 15) is 9.90 Å². The predicted octanol–water partition coefficient (Wildman–Crippen LogP) is 1.75. The van der Waals surface area contributed by atoms with Crippen molar-refractivity contribution in [1.82, 2.24) is 10.2 Å². The average Bonchev–Trinajstić information content (AvgIpc) is 2.48. The zero-order valence-electron chi connectivity index (χ0n) is 12.7. The Morgan fingerprint density at radius 3 is 2.75 bits per heavy atom. The highest BCUT2D eigenvalue weighted by Crippen LogP contribution is 2.23. The van der Waals surface area contributed by atoms with Gasteiger partial charge in [-0.25, -0.2) is 4.79 Å². The highest BCUT2D eigenvalue weighted by Gasteiger charge is 2.30. The molecule has 5 heteroatoms. The van der Waals surface area contributed by atoms with Gasteiger partial charge in [-0.1, -0.05) is 12.8 Å². The van der Waals surface area contributed by atoms with Crippen LogP contribution in [0.4, 0.5) is 4.79 Å². The Labute approximate surface area is 121 Å². The molecule has 0 aromatic rings. The van der Waals surface area contributed by atoms with Gasteiger partial charge in [-0.15, -0.1) is 0 Å². The van der Waals surface area contributed by atoms with Gasteiger partial charge < -0.3 is 20.1 Å². The van der Waals surface area contributed by atoms with E-state index >= 15 is 0 Å². The van der Waals surface area contributed by atoms with E-state index in [0.29, 0.717) is 6.54 Å². The van der Waals surface area contributed by atoms with E-state index in [2.05, 4.69) is 5.32 Å². The summed E-state index contributed by atoms with van der Waals surface area (Å²) < 4.78 is 5.48. The number of likely N-dealkylation sites (tertiary alicyclic amines) is 1. The van der Waals surface area contributed by atoms with Crippen molar-refractivity contribution in [2.24, 2.45) is 5.92 Å². The molecule has 1 saturated carbocycles. The van der Waals surface area contributed by atoms with E-state index in [1.165, 1.54) is 6.42 Å². The molecular formula is C15H28N2O3. The van der Waals surface area contributed by atoms with Gasteiger partial charge in [0.1, 0.15) is 0 Å². The first-order chi connectivity index (χ1) is 9.61. The van der Waals surface area contributed by atoms with E-state index in [-0.39, 0.29) is 30.2 Å². The number of aliphatic hydroxyl groups is 1. The number of aliphatic hydroxyl groups excluding tert-OH is 1. The molecule has 0 spiro atoms. The second kappa shape index (κ2) is 7.27. The number of methoxy groups -OCH3 is 1. The first-order valence-electron chi connectivity index (χ1n) is 7.88. The molecule has 4 unspecified atom stereocenters. The van der Waals surface area contributed by atoms with E-state index < -0.39 is 0 Å². The van der Waals surface area contributed by atoms with Gasteiger partial charge in [0.05, 0.1) is 18.2 Å². The lowest BCUT2D eigenvalue weighted by Gasteiger charge is -2.37. The molecule has 2 aliphatic rings. The van der Waals surface area contributed by atoms with Gasteiger partial charge in [-0.2, -0.15) is 0 Å². The molecule has 2 amide bonds. The summed E-state index contributed by atoms with van der Waals surface area (Å²) in [6, 6.07) is 0.137. The van der Waals surface area contributed by atoms with Gasteiger partial charge in [0.15, 0.2) is 0 Å². The van der Waals surface area contributed by atoms with Crippen LogP contribution >= 0.6 is 0 Å². The fourth-order valence-corrected chi connectivity index (χ4v) is 3.38. The van der Waals surface area contributed by atoms with Crippen LogP contribution in [0.2, 0.25) is 0 Å². The third-order valence-corrected chi connectivity index (χ3v) is 4.74. The van der Waals surface area contributed by atoms with E-state index in [0.717, 1.165) is 38.6 Å². The number of piperidine rings is 1. The minimum absolute atomic E-state index is 0.00398. The number of nitrogens with one attached hydrogen (secondary N) is 1. The first-order valence-corrected chi connectivity index (χ1v) is 7.88. The second-order valence-electron chi connectivity index (χ2n) is 6.20. The summed E-state index contributed by atoms with van der Waals surface area (Å²) in [7, 11) is 1.72. The molecule has 1 aliphatic heterocycles. The summed E-state index contributed by atoms with van der Waals surface area (Å²) in [5.74, 6) is 0.207. The molecule has 2 rings (SSSR count). The van der Waals surface area contributed by atoms with Gasteiger partial charge >= 0.3 is 6.03 Å². The largest absolute Gasteiger partial charge is 0.393 e. The highest BCUT2D eigenvalue weighted by atomic mass is 16.5. The molecule has 1 saturated heterocycles. The summed E-state index contributed by atoms with van der Waals surface area (Å²) in [6.07, 6.45) is 6.14. The Hall–Kier alpha value is -0.810. The molecule has 0 aromatic carbocycles. The smallest absolute Gasteiger partial charge is 0.317 e. The molecule has 1 aliphatic carbocycles. The zero-order chi connectivity index (χ0) is 14.5. The number of urea groups is 1. The predicted molar refractivity (Wildman–Crippen MR) is 77.6 cm³/mol. The maximum Gasteiger partial charge on any atom is 0.317 e. The Morgan fingerprint density at radius 1 is 1.30 bits per heavy atom. The maximum atomic E-state index is 12.4. The summed E-state index contributed by atoms with van der Waals surface area (Å²) in [5, 5.41) is 12.8. The van der Waals surface area contributed by atoms with Crippen LogP contribution in [-0.4, -0.2) is 54.5 Å². The first kappa shape index (κ1) is 15.6. The van der Waals surface area contributed by atoms with Gasteiger partial charge in [-0.05, 0) is 32.6 Å². The van der Waals surface area contributed by atoms with Crippen LogP contribution in [0, 0.1) is 5.92 Å². The minimum atomic E-state index is -0.341. The van der Waals surface area contributed by atoms with Crippen LogP contribution in [0.5, 0.6) is 0 Å². The van der Waals surface area contributed by atoms with Crippen LogP contribution in [0.1, 0.15) is 45.4 Å². The monoisotopic (exact) mass is 284 g/mol. The lowest BCUT2D eigenvalue weighted by molar-refractivity contribution is 0.0390. The van der Waals surface area contributed by atoms with Crippen LogP contribution in [-0.2, 0) is 4.74 Å². The molecular weight excluding hydrogens is 256 g/mol. The molecule has 20 heavy (non-hydrogen) atoms. The summed E-state index contributed by atoms with van der Waals surface area (Å²) >= 11 is 0. The minimum Gasteiger partial charge on any atom is -0.393 e. The fourth-order valence-electron chi connectivity index (χ4n) is 3.38. The van der Waals surface area contributed by atoms with Gasteiger partial charge in [0, 0.05) is 26.1 Å². The van der Waals surface area contributed by atoms with Crippen molar-refractivity contribution in [2.75, 3.05) is 20.2 Å². The van der Waals surface area contributed by atoms with Crippen molar-refractivity contribution in [2.45, 2.75) is 63.7 Å². The number of carbonyl (C=O) groups excluding carboxylic acids is 1. The summed E-state index contributed by atoms with van der Waals surface area (Å²) in [4.78, 5) is 14.2. The van der Waals surface area contributed by atoms with E-state index in [1.807, 2.05) is 11.8 Å². The Bertz CT molecular complexity index is 322. The topological polar surface area (TPSA) is 61.8 Å². The number of nitrogens with zero attached hydrogens (tertiary/aromatic N) is 1. The van der Waals surface area contributed by atoms with E-state index in [4.69, 9.17) is 4.74 Å². The van der Waals surface area contributed by atoms with Crippen molar-refractivity contribution >= 4 is 6.03 Å². The van der Waals surface area contributed by atoms with Crippen molar-refractivity contribution < 1.29 is 14.6 Å². The fraction of sp³-hybridized carbons (Fsp3) is 0.933. The van der Waals surface area contributed by atoms with Crippen molar-refractivity contribution in [1.29, 1.82) is 0 Å². The van der Waals surface area contributed by atoms with Gasteiger partial charge in [0.2, 0.25) is 0 Å². The van der Waals surface area contributed by atoms with Gasteiger partial charge in [0.25, 0.3) is 0 Å². The highest BCUT2D eigenvalue weighted by molar-refractivity contribution is 5.74. The second-order valence-corrected chi connectivity index (χ2v) is 6.20. The van der Waals surface area contributed by atoms with E-state index in [1.54, 1.807) is 7.11 Å². The molecule has 0 aromatic heterocycles. The maximum absolute atomic E-state index is 12.4. The third-order valence-electron chi connectivity index (χ3n) is 4.74. The molecule has 0 radical (unpaired) electrons. The Balaban J connectivity index is 1.87. The number of hydrogen-bond acceptors (Lipinski definition) is 3. The van der Waals surface area contributed by atoms with Crippen molar-refractivity contribution in [3.63, 3.8) is 0 Å². The SMILES string of the molecule is COC1CCCCC1NC(=O)N1CCCC(C(C)O)C1.